The van der Waals surface area contributed by atoms with E-state index in [0.29, 0.717) is 22.6 Å². The van der Waals surface area contributed by atoms with E-state index in [1.54, 1.807) is 4.57 Å². The zero-order valence-electron chi connectivity index (χ0n) is 15.4. The molecule has 1 saturated carbocycles. The molecule has 1 aliphatic carbocycles. The molecule has 0 unspecified atom stereocenters. The van der Waals surface area contributed by atoms with Crippen LogP contribution in [0.4, 0.5) is 0 Å². The average molecular weight is 403 g/mol. The molecule has 2 aliphatic rings. The van der Waals surface area contributed by atoms with Crippen LogP contribution in [-0.2, 0) is 16.1 Å². The molecular formula is C18H21N5O4S. The molecule has 9 nitrogen and oxygen atoms in total. The predicted molar refractivity (Wildman–Crippen MR) is 101 cm³/mol. The lowest BCUT2D eigenvalue weighted by molar-refractivity contribution is -0.119. The van der Waals surface area contributed by atoms with Gasteiger partial charge in [0.15, 0.2) is 16.7 Å². The zero-order valence-corrected chi connectivity index (χ0v) is 16.2. The second kappa shape index (κ2) is 7.70. The van der Waals surface area contributed by atoms with Crippen LogP contribution in [0.3, 0.4) is 0 Å². The van der Waals surface area contributed by atoms with Gasteiger partial charge < -0.3 is 20.5 Å². The molecule has 2 amide bonds. The highest BCUT2D eigenvalue weighted by Gasteiger charge is 2.31. The Morgan fingerprint density at radius 1 is 1.32 bits per heavy atom. The van der Waals surface area contributed by atoms with Gasteiger partial charge in [0.2, 0.25) is 18.6 Å². The molecule has 1 aromatic heterocycles. The van der Waals surface area contributed by atoms with E-state index in [-0.39, 0.29) is 31.0 Å². The summed E-state index contributed by atoms with van der Waals surface area (Å²) < 4.78 is 12.4. The third-order valence-electron chi connectivity index (χ3n) is 4.61. The molecule has 1 aromatic carbocycles. The number of hydrogen-bond donors (Lipinski definition) is 2. The van der Waals surface area contributed by atoms with Gasteiger partial charge in [-0.25, -0.2) is 0 Å². The minimum Gasteiger partial charge on any atom is -0.454 e. The Morgan fingerprint density at radius 3 is 2.86 bits per heavy atom. The van der Waals surface area contributed by atoms with E-state index < -0.39 is 5.91 Å². The second-order valence-electron chi connectivity index (χ2n) is 6.86. The first-order valence-electron chi connectivity index (χ1n) is 9.04. The van der Waals surface area contributed by atoms with E-state index in [1.807, 2.05) is 25.1 Å². The Morgan fingerprint density at radius 2 is 2.11 bits per heavy atom. The maximum Gasteiger partial charge on any atom is 0.237 e. The number of carbonyl (C=O) groups excluding carboxylic acids is 2. The van der Waals surface area contributed by atoms with Crippen LogP contribution in [0.15, 0.2) is 23.4 Å². The van der Waals surface area contributed by atoms with E-state index in [2.05, 4.69) is 15.5 Å². The Bertz CT molecular complexity index is 911. The standard InChI is InChI=1S/C18H21N5O4S/c1-10(12-4-5-13-14(6-12)27-9-26-13)20-16(25)8-28-18-22-21-17(11-2-3-11)23(18)7-15(19)24/h4-6,10-11H,2-3,7-9H2,1H3,(H2,19,24)(H,20,25)/t10-/m1/s1. The first-order chi connectivity index (χ1) is 13.5. The molecule has 0 bridgehead atoms. The fourth-order valence-corrected chi connectivity index (χ4v) is 3.79. The molecule has 0 spiro atoms. The van der Waals surface area contributed by atoms with Crippen LogP contribution in [0.2, 0.25) is 0 Å². The summed E-state index contributed by atoms with van der Waals surface area (Å²) in [6, 6.07) is 5.41. The number of hydrogen-bond acceptors (Lipinski definition) is 7. The van der Waals surface area contributed by atoms with Gasteiger partial charge >= 0.3 is 0 Å². The van der Waals surface area contributed by atoms with E-state index >= 15 is 0 Å². The number of primary amides is 1. The predicted octanol–water partition coefficient (Wildman–Crippen LogP) is 1.34. The Balaban J connectivity index is 1.36. The first kappa shape index (κ1) is 18.6. The van der Waals surface area contributed by atoms with Crippen molar-refractivity contribution >= 4 is 23.6 Å². The molecule has 4 rings (SSSR count). The van der Waals surface area contributed by atoms with Gasteiger partial charge in [-0.15, -0.1) is 10.2 Å². The van der Waals surface area contributed by atoms with E-state index in [0.717, 1.165) is 24.2 Å². The molecule has 1 aliphatic heterocycles. The molecule has 1 atom stereocenters. The number of amides is 2. The molecule has 28 heavy (non-hydrogen) atoms. The van der Waals surface area contributed by atoms with Crippen LogP contribution >= 0.6 is 11.8 Å². The molecule has 10 heteroatoms. The second-order valence-corrected chi connectivity index (χ2v) is 7.80. The molecule has 3 N–H and O–H groups in total. The Labute approximate surface area is 166 Å². The van der Waals surface area contributed by atoms with Crippen LogP contribution in [-0.4, -0.2) is 39.1 Å². The number of carbonyl (C=O) groups is 2. The third kappa shape index (κ3) is 4.06. The van der Waals surface area contributed by atoms with Crippen LogP contribution in [0.5, 0.6) is 11.5 Å². The topological polar surface area (TPSA) is 121 Å². The zero-order chi connectivity index (χ0) is 19.7. The highest BCUT2D eigenvalue weighted by Crippen LogP contribution is 2.40. The number of aromatic nitrogens is 3. The number of thioether (sulfide) groups is 1. The van der Waals surface area contributed by atoms with Crippen molar-refractivity contribution in [1.82, 2.24) is 20.1 Å². The maximum atomic E-state index is 12.4. The van der Waals surface area contributed by atoms with Crippen LogP contribution in [0, 0.1) is 0 Å². The van der Waals surface area contributed by atoms with Gasteiger partial charge in [0.1, 0.15) is 12.4 Å². The summed E-state index contributed by atoms with van der Waals surface area (Å²) in [6.45, 7) is 2.14. The molecular weight excluding hydrogens is 382 g/mol. The number of benzene rings is 1. The number of rotatable bonds is 8. The lowest BCUT2D eigenvalue weighted by Gasteiger charge is -2.15. The van der Waals surface area contributed by atoms with E-state index in [4.69, 9.17) is 15.2 Å². The van der Waals surface area contributed by atoms with Gasteiger partial charge in [0.25, 0.3) is 0 Å². The first-order valence-corrected chi connectivity index (χ1v) is 10.0. The Hall–Kier alpha value is -2.75. The summed E-state index contributed by atoms with van der Waals surface area (Å²) in [5, 5.41) is 11.8. The van der Waals surface area contributed by atoms with Crippen molar-refractivity contribution in [3.63, 3.8) is 0 Å². The monoisotopic (exact) mass is 403 g/mol. The largest absolute Gasteiger partial charge is 0.454 e. The number of nitrogens with one attached hydrogen (secondary N) is 1. The van der Waals surface area contributed by atoms with Crippen molar-refractivity contribution in [3.8, 4) is 11.5 Å². The maximum absolute atomic E-state index is 12.4. The van der Waals surface area contributed by atoms with Gasteiger partial charge in [-0.1, -0.05) is 17.8 Å². The Kier molecular flexibility index (Phi) is 5.12. The van der Waals surface area contributed by atoms with Crippen LogP contribution in [0.1, 0.15) is 43.1 Å². The number of fused-ring (bicyclic) bond motifs is 1. The van der Waals surface area contributed by atoms with Crippen molar-refractivity contribution in [3.05, 3.63) is 29.6 Å². The van der Waals surface area contributed by atoms with Gasteiger partial charge in [-0.3, -0.25) is 14.2 Å². The summed E-state index contributed by atoms with van der Waals surface area (Å²) in [5.41, 5.74) is 6.27. The van der Waals surface area contributed by atoms with Crippen LogP contribution < -0.4 is 20.5 Å². The normalized spacial score (nSPS) is 16.0. The molecule has 2 heterocycles. The summed E-state index contributed by atoms with van der Waals surface area (Å²) in [7, 11) is 0. The lowest BCUT2D eigenvalue weighted by atomic mass is 10.1. The molecule has 0 saturated heterocycles. The minimum absolute atomic E-state index is 0.0242. The van der Waals surface area contributed by atoms with Gasteiger partial charge in [-0.05, 0) is 37.5 Å². The summed E-state index contributed by atoms with van der Waals surface area (Å²) in [5.74, 6) is 2.06. The quantitative estimate of drug-likeness (QED) is 0.638. The number of nitrogens with two attached hydrogens (primary N) is 1. The fourth-order valence-electron chi connectivity index (χ4n) is 3.03. The highest BCUT2D eigenvalue weighted by atomic mass is 32.2. The molecule has 1 fully saturated rings. The molecule has 0 radical (unpaired) electrons. The molecule has 2 aromatic rings. The van der Waals surface area contributed by atoms with Crippen molar-refractivity contribution in [2.45, 2.75) is 43.4 Å². The molecule has 148 valence electrons. The van der Waals surface area contributed by atoms with Crippen molar-refractivity contribution in [2.75, 3.05) is 12.5 Å². The van der Waals surface area contributed by atoms with Crippen molar-refractivity contribution in [1.29, 1.82) is 0 Å². The van der Waals surface area contributed by atoms with Crippen molar-refractivity contribution in [2.24, 2.45) is 5.73 Å². The van der Waals surface area contributed by atoms with Crippen LogP contribution in [0.25, 0.3) is 0 Å². The lowest BCUT2D eigenvalue weighted by Crippen LogP contribution is -2.28. The van der Waals surface area contributed by atoms with Gasteiger partial charge in [0, 0.05) is 5.92 Å². The fraction of sp³-hybridized carbons (Fsp3) is 0.444. The van der Waals surface area contributed by atoms with E-state index in [9.17, 15) is 9.59 Å². The number of nitrogens with zero attached hydrogens (tertiary/aromatic N) is 3. The summed E-state index contributed by atoms with van der Waals surface area (Å²) >= 11 is 1.25. The highest BCUT2D eigenvalue weighted by molar-refractivity contribution is 7.99. The summed E-state index contributed by atoms with van der Waals surface area (Å²) in [4.78, 5) is 23.8. The van der Waals surface area contributed by atoms with Gasteiger partial charge in [0.05, 0.1) is 11.8 Å². The summed E-state index contributed by atoms with van der Waals surface area (Å²) in [6.07, 6.45) is 2.07. The van der Waals surface area contributed by atoms with Crippen molar-refractivity contribution < 1.29 is 19.1 Å². The smallest absolute Gasteiger partial charge is 0.237 e. The minimum atomic E-state index is -0.454. The number of ether oxygens (including phenoxy) is 2. The van der Waals surface area contributed by atoms with Gasteiger partial charge in [-0.2, -0.15) is 0 Å². The SMILES string of the molecule is C[C@@H](NC(=O)CSc1nnc(C2CC2)n1CC(N)=O)c1ccc2c(c1)OCO2. The third-order valence-corrected chi connectivity index (χ3v) is 5.58. The average Bonchev–Trinajstić information content (AvgIpc) is 3.26. The van der Waals surface area contributed by atoms with E-state index in [1.165, 1.54) is 11.8 Å².